The molecule has 1 aromatic rings. The molecule has 0 spiro atoms. The quantitative estimate of drug-likeness (QED) is 0.125. The summed E-state index contributed by atoms with van der Waals surface area (Å²) in [6, 6.07) is 7.56. The topological polar surface area (TPSA) is 35.5 Å². The fraction of sp³-hybridized carbons (Fsp3) is 0.767. The van der Waals surface area contributed by atoms with E-state index < -0.39 is 0 Å². The second-order valence-electron chi connectivity index (χ2n) is 10.1. The summed E-state index contributed by atoms with van der Waals surface area (Å²) in [5.74, 6) is 2.32. The molecule has 0 aromatic heterocycles. The molecule has 0 unspecified atom stereocenters. The van der Waals surface area contributed by atoms with Crippen molar-refractivity contribution in [1.82, 2.24) is 0 Å². The van der Waals surface area contributed by atoms with Gasteiger partial charge >= 0.3 is 5.97 Å². The average molecular weight is 459 g/mol. The molecule has 33 heavy (non-hydrogen) atoms. The lowest BCUT2D eigenvalue weighted by molar-refractivity contribution is -0.140. The highest BCUT2D eigenvalue weighted by atomic mass is 16.5. The maximum absolute atomic E-state index is 12.6. The molecule has 0 aliphatic heterocycles. The first-order chi connectivity index (χ1) is 16.2. The van der Waals surface area contributed by atoms with Gasteiger partial charge < -0.3 is 9.47 Å². The molecule has 1 aliphatic carbocycles. The molecule has 1 aliphatic rings. The van der Waals surface area contributed by atoms with E-state index in [1.165, 1.54) is 96.3 Å². The largest absolute Gasteiger partial charge is 0.494 e. The molecule has 0 saturated heterocycles. The number of hydrogen-bond acceptors (Lipinski definition) is 3. The van der Waals surface area contributed by atoms with E-state index in [1.54, 1.807) is 0 Å². The number of rotatable bonds is 18. The Labute approximate surface area is 204 Å². The lowest BCUT2D eigenvalue weighted by Gasteiger charge is -2.27. The third-order valence-corrected chi connectivity index (χ3v) is 7.20. The lowest BCUT2D eigenvalue weighted by atomic mass is 9.80. The summed E-state index contributed by atoms with van der Waals surface area (Å²) in [6.07, 6.45) is 22.9. The number of ether oxygens (including phenoxy) is 2. The summed E-state index contributed by atoms with van der Waals surface area (Å²) in [5, 5.41) is 0. The molecule has 1 fully saturated rings. The van der Waals surface area contributed by atoms with Gasteiger partial charge in [0.15, 0.2) is 0 Å². The summed E-state index contributed by atoms with van der Waals surface area (Å²) < 4.78 is 11.5. The second-order valence-corrected chi connectivity index (χ2v) is 10.1. The molecule has 188 valence electrons. The summed E-state index contributed by atoms with van der Waals surface area (Å²) in [6.45, 7) is 5.28. The molecular formula is C30H50O3. The molecule has 0 N–H and O–H groups in total. The molecule has 2 rings (SSSR count). The Morgan fingerprint density at radius 1 is 0.697 bits per heavy atom. The first-order valence-electron chi connectivity index (χ1n) is 14.2. The van der Waals surface area contributed by atoms with Crippen LogP contribution in [0.2, 0.25) is 0 Å². The van der Waals surface area contributed by atoms with Crippen LogP contribution in [0.3, 0.4) is 0 Å². The van der Waals surface area contributed by atoms with Crippen molar-refractivity contribution >= 4 is 5.97 Å². The van der Waals surface area contributed by atoms with Crippen molar-refractivity contribution in [3.63, 3.8) is 0 Å². The number of unbranched alkanes of at least 4 members (excludes halogenated alkanes) is 11. The zero-order chi connectivity index (χ0) is 23.6. The third kappa shape index (κ3) is 12.5. The third-order valence-electron chi connectivity index (χ3n) is 7.20. The lowest BCUT2D eigenvalue weighted by Crippen LogP contribution is -2.25. The van der Waals surface area contributed by atoms with Crippen LogP contribution in [0.5, 0.6) is 11.5 Å². The van der Waals surface area contributed by atoms with E-state index in [4.69, 9.17) is 9.47 Å². The molecule has 0 bridgehead atoms. The zero-order valence-electron chi connectivity index (χ0n) is 21.6. The van der Waals surface area contributed by atoms with Crippen LogP contribution in [0, 0.1) is 11.8 Å². The predicted molar refractivity (Wildman–Crippen MR) is 139 cm³/mol. The minimum atomic E-state index is -0.0512. The Kier molecular flexibility index (Phi) is 15.0. The van der Waals surface area contributed by atoms with E-state index in [-0.39, 0.29) is 11.9 Å². The van der Waals surface area contributed by atoms with Crippen molar-refractivity contribution in [2.45, 2.75) is 129 Å². The van der Waals surface area contributed by atoms with Crippen molar-refractivity contribution in [1.29, 1.82) is 0 Å². The summed E-state index contributed by atoms with van der Waals surface area (Å²) in [7, 11) is 0. The van der Waals surface area contributed by atoms with Gasteiger partial charge in [-0.3, -0.25) is 4.79 Å². The van der Waals surface area contributed by atoms with E-state index in [0.717, 1.165) is 37.5 Å². The molecule has 3 nitrogen and oxygen atoms in total. The van der Waals surface area contributed by atoms with Crippen LogP contribution in [0.1, 0.15) is 129 Å². The van der Waals surface area contributed by atoms with Crippen molar-refractivity contribution in [2.24, 2.45) is 11.8 Å². The highest BCUT2D eigenvalue weighted by Gasteiger charge is 2.27. The van der Waals surface area contributed by atoms with Gasteiger partial charge in [-0.15, -0.1) is 0 Å². The molecule has 3 heteroatoms. The summed E-state index contributed by atoms with van der Waals surface area (Å²) in [5.41, 5.74) is 0. The Balaban J connectivity index is 1.55. The van der Waals surface area contributed by atoms with Crippen LogP contribution in [0.15, 0.2) is 24.3 Å². The van der Waals surface area contributed by atoms with Gasteiger partial charge in [0.05, 0.1) is 12.5 Å². The van der Waals surface area contributed by atoms with Crippen LogP contribution in [0.4, 0.5) is 0 Å². The van der Waals surface area contributed by atoms with Crippen molar-refractivity contribution in [3.05, 3.63) is 24.3 Å². The predicted octanol–water partition coefficient (Wildman–Crippen LogP) is 9.28. The monoisotopic (exact) mass is 458 g/mol. The number of benzene rings is 1. The van der Waals surface area contributed by atoms with Crippen LogP contribution in [0.25, 0.3) is 0 Å². The zero-order valence-corrected chi connectivity index (χ0v) is 21.6. The Hall–Kier alpha value is -1.51. The Morgan fingerprint density at radius 3 is 1.82 bits per heavy atom. The second kappa shape index (κ2) is 17.9. The number of carbonyl (C=O) groups excluding carboxylic acids is 1. The van der Waals surface area contributed by atoms with E-state index in [1.807, 2.05) is 24.3 Å². The summed E-state index contributed by atoms with van der Waals surface area (Å²) in [4.78, 5) is 12.6. The van der Waals surface area contributed by atoms with Gasteiger partial charge in [-0.2, -0.15) is 0 Å². The number of esters is 1. The average Bonchev–Trinajstić information content (AvgIpc) is 2.84. The Bertz CT molecular complexity index is 601. The fourth-order valence-corrected chi connectivity index (χ4v) is 4.95. The fourth-order valence-electron chi connectivity index (χ4n) is 4.95. The normalized spacial score (nSPS) is 18.2. The maximum Gasteiger partial charge on any atom is 0.314 e. The van der Waals surface area contributed by atoms with E-state index in [9.17, 15) is 4.79 Å². The minimum absolute atomic E-state index is 0.0512. The van der Waals surface area contributed by atoms with Gasteiger partial charge in [0.2, 0.25) is 0 Å². The van der Waals surface area contributed by atoms with Crippen LogP contribution in [-0.2, 0) is 4.79 Å². The maximum atomic E-state index is 12.6. The van der Waals surface area contributed by atoms with Crippen LogP contribution >= 0.6 is 0 Å². The van der Waals surface area contributed by atoms with Gasteiger partial charge in [-0.05, 0) is 62.3 Å². The minimum Gasteiger partial charge on any atom is -0.494 e. The highest BCUT2D eigenvalue weighted by molar-refractivity contribution is 5.75. The van der Waals surface area contributed by atoms with Crippen molar-refractivity contribution in [2.75, 3.05) is 6.61 Å². The van der Waals surface area contributed by atoms with E-state index in [0.29, 0.717) is 5.75 Å². The van der Waals surface area contributed by atoms with Crippen molar-refractivity contribution < 1.29 is 14.3 Å². The van der Waals surface area contributed by atoms with Crippen LogP contribution < -0.4 is 9.47 Å². The van der Waals surface area contributed by atoms with Gasteiger partial charge in [0.25, 0.3) is 0 Å². The van der Waals surface area contributed by atoms with Gasteiger partial charge in [-0.25, -0.2) is 0 Å². The molecule has 0 atom stereocenters. The van der Waals surface area contributed by atoms with Crippen molar-refractivity contribution in [3.8, 4) is 11.5 Å². The molecule has 1 aromatic carbocycles. The first kappa shape index (κ1) is 27.7. The first-order valence-corrected chi connectivity index (χ1v) is 14.2. The molecular weight excluding hydrogens is 408 g/mol. The number of carbonyl (C=O) groups is 1. The molecule has 0 radical (unpaired) electrons. The molecule has 1 saturated carbocycles. The summed E-state index contributed by atoms with van der Waals surface area (Å²) >= 11 is 0. The molecule has 0 heterocycles. The Morgan fingerprint density at radius 2 is 1.21 bits per heavy atom. The standard InChI is InChI=1S/C30H50O3/c1-3-5-7-9-11-13-15-25-32-28-21-23-29(24-22-28)33-30(31)27-19-17-26(18-20-27)16-14-12-10-8-6-4-2/h21-24,26-27H,3-20,25H2,1-2H3. The van der Waals surface area contributed by atoms with E-state index in [2.05, 4.69) is 13.8 Å². The molecule has 0 amide bonds. The van der Waals surface area contributed by atoms with E-state index >= 15 is 0 Å². The smallest absolute Gasteiger partial charge is 0.314 e. The van der Waals surface area contributed by atoms with Gasteiger partial charge in [-0.1, -0.05) is 97.3 Å². The van der Waals surface area contributed by atoms with Crippen LogP contribution in [-0.4, -0.2) is 12.6 Å². The van der Waals surface area contributed by atoms with Gasteiger partial charge in [0.1, 0.15) is 11.5 Å². The highest BCUT2D eigenvalue weighted by Crippen LogP contribution is 2.33. The van der Waals surface area contributed by atoms with Gasteiger partial charge in [0, 0.05) is 0 Å². The SMILES string of the molecule is CCCCCCCCCOc1ccc(OC(=O)C2CCC(CCCCCCCC)CC2)cc1. The number of hydrogen-bond donors (Lipinski definition) is 0.